The van der Waals surface area contributed by atoms with Gasteiger partial charge in [0.15, 0.2) is 5.75 Å². The Labute approximate surface area is 90.0 Å². The quantitative estimate of drug-likeness (QED) is 0.189. The fraction of sp³-hybridized carbons (Fsp3) is 0.111. The SMILES string of the molecule is COc1cc(C(=O)C=[N+]=[N-])ccc1[N+](=O)[O-]. The molecule has 0 saturated carbocycles. The highest BCUT2D eigenvalue weighted by molar-refractivity contribution is 6.33. The Hall–Kier alpha value is -2.53. The van der Waals surface area contributed by atoms with Gasteiger partial charge in [0, 0.05) is 11.6 Å². The van der Waals surface area contributed by atoms with Gasteiger partial charge in [-0.2, -0.15) is 4.79 Å². The van der Waals surface area contributed by atoms with Crippen molar-refractivity contribution < 1.29 is 19.2 Å². The van der Waals surface area contributed by atoms with Gasteiger partial charge in [0.05, 0.1) is 12.0 Å². The molecule has 1 rings (SSSR count). The maximum absolute atomic E-state index is 11.3. The predicted molar refractivity (Wildman–Crippen MR) is 53.7 cm³/mol. The van der Waals surface area contributed by atoms with Crippen molar-refractivity contribution in [2.24, 2.45) is 0 Å². The molecule has 0 spiro atoms. The van der Waals surface area contributed by atoms with E-state index >= 15 is 0 Å². The highest BCUT2D eigenvalue weighted by Gasteiger charge is 2.17. The number of nitro benzene ring substituents is 1. The van der Waals surface area contributed by atoms with Crippen LogP contribution >= 0.6 is 0 Å². The summed E-state index contributed by atoms with van der Waals surface area (Å²) in [6, 6.07) is 3.62. The van der Waals surface area contributed by atoms with E-state index in [9.17, 15) is 14.9 Å². The molecule has 1 aromatic carbocycles. The second-order valence-electron chi connectivity index (χ2n) is 2.75. The van der Waals surface area contributed by atoms with E-state index < -0.39 is 10.7 Å². The van der Waals surface area contributed by atoms with Crippen LogP contribution in [0.1, 0.15) is 10.4 Å². The molecule has 0 saturated heterocycles. The number of benzene rings is 1. The molecule has 0 atom stereocenters. The molecule has 82 valence electrons. The molecule has 7 nitrogen and oxygen atoms in total. The van der Waals surface area contributed by atoms with E-state index in [0.29, 0.717) is 6.21 Å². The van der Waals surface area contributed by atoms with Crippen LogP contribution in [0.5, 0.6) is 5.75 Å². The molecule has 0 aliphatic heterocycles. The van der Waals surface area contributed by atoms with Gasteiger partial charge >= 0.3 is 11.9 Å². The van der Waals surface area contributed by atoms with Crippen molar-refractivity contribution in [3.8, 4) is 5.75 Å². The fourth-order valence-electron chi connectivity index (χ4n) is 1.11. The lowest BCUT2D eigenvalue weighted by atomic mass is 10.1. The third-order valence-electron chi connectivity index (χ3n) is 1.84. The van der Waals surface area contributed by atoms with Crippen LogP contribution in [-0.2, 0) is 0 Å². The Morgan fingerprint density at radius 3 is 2.81 bits per heavy atom. The monoisotopic (exact) mass is 221 g/mol. The lowest BCUT2D eigenvalue weighted by Crippen LogP contribution is -2.02. The van der Waals surface area contributed by atoms with Crippen LogP contribution in [0.25, 0.3) is 5.53 Å². The number of ether oxygens (including phenoxy) is 1. The second kappa shape index (κ2) is 4.81. The molecular weight excluding hydrogens is 214 g/mol. The molecule has 0 heterocycles. The highest BCUT2D eigenvalue weighted by Crippen LogP contribution is 2.27. The van der Waals surface area contributed by atoms with Gasteiger partial charge in [-0.05, 0) is 12.1 Å². The first-order valence-electron chi connectivity index (χ1n) is 4.14. The first-order chi connectivity index (χ1) is 7.60. The fourth-order valence-corrected chi connectivity index (χ4v) is 1.11. The van der Waals surface area contributed by atoms with E-state index in [4.69, 9.17) is 10.3 Å². The van der Waals surface area contributed by atoms with Crippen molar-refractivity contribution in [1.82, 2.24) is 0 Å². The van der Waals surface area contributed by atoms with Crippen LogP contribution in [-0.4, -0.2) is 28.8 Å². The summed E-state index contributed by atoms with van der Waals surface area (Å²) in [7, 11) is 1.26. The van der Waals surface area contributed by atoms with Gasteiger partial charge in [0.25, 0.3) is 5.78 Å². The third-order valence-corrected chi connectivity index (χ3v) is 1.84. The van der Waals surface area contributed by atoms with Gasteiger partial charge in [-0.15, -0.1) is 0 Å². The zero-order valence-corrected chi connectivity index (χ0v) is 8.28. The van der Waals surface area contributed by atoms with Crippen molar-refractivity contribution in [2.75, 3.05) is 7.11 Å². The summed E-state index contributed by atoms with van der Waals surface area (Å²) in [6.45, 7) is 0. The van der Waals surface area contributed by atoms with Gasteiger partial charge in [-0.25, -0.2) is 0 Å². The summed E-state index contributed by atoms with van der Waals surface area (Å²) in [4.78, 5) is 23.8. The van der Waals surface area contributed by atoms with E-state index in [1.165, 1.54) is 19.2 Å². The second-order valence-corrected chi connectivity index (χ2v) is 2.75. The maximum atomic E-state index is 11.3. The molecule has 16 heavy (non-hydrogen) atoms. The van der Waals surface area contributed by atoms with E-state index in [2.05, 4.69) is 4.79 Å². The van der Waals surface area contributed by atoms with Crippen molar-refractivity contribution in [1.29, 1.82) is 0 Å². The number of ketones is 1. The van der Waals surface area contributed by atoms with Gasteiger partial charge in [0.1, 0.15) is 0 Å². The molecule has 0 radical (unpaired) electrons. The summed E-state index contributed by atoms with van der Waals surface area (Å²) in [5, 5.41) is 10.6. The van der Waals surface area contributed by atoms with Crippen LogP contribution in [0.3, 0.4) is 0 Å². The Morgan fingerprint density at radius 2 is 2.31 bits per heavy atom. The summed E-state index contributed by atoms with van der Waals surface area (Å²) in [5.41, 5.74) is 8.08. The molecule has 1 aromatic rings. The summed E-state index contributed by atoms with van der Waals surface area (Å²) < 4.78 is 4.77. The summed E-state index contributed by atoms with van der Waals surface area (Å²) >= 11 is 0. The first-order valence-corrected chi connectivity index (χ1v) is 4.14. The van der Waals surface area contributed by atoms with Crippen LogP contribution in [0.2, 0.25) is 0 Å². The van der Waals surface area contributed by atoms with E-state index in [-0.39, 0.29) is 17.0 Å². The number of nitrogens with zero attached hydrogens (tertiary/aromatic N) is 3. The third kappa shape index (κ3) is 2.28. The number of nitro groups is 1. The van der Waals surface area contributed by atoms with E-state index in [0.717, 1.165) is 6.07 Å². The lowest BCUT2D eigenvalue weighted by molar-refractivity contribution is -0.385. The lowest BCUT2D eigenvalue weighted by Gasteiger charge is -2.01. The molecule has 0 amide bonds. The number of carbonyl (C=O) groups excluding carboxylic acids is 1. The van der Waals surface area contributed by atoms with Gasteiger partial charge in [0.2, 0.25) is 0 Å². The average Bonchev–Trinajstić information content (AvgIpc) is 2.28. The predicted octanol–water partition coefficient (Wildman–Crippen LogP) is 1.09. The van der Waals surface area contributed by atoms with E-state index in [1.807, 2.05) is 0 Å². The minimum atomic E-state index is -0.618. The van der Waals surface area contributed by atoms with Crippen molar-refractivity contribution in [3.05, 3.63) is 39.4 Å². The molecule has 0 unspecified atom stereocenters. The van der Waals surface area contributed by atoms with Crippen LogP contribution in [0.15, 0.2) is 18.2 Å². The molecule has 0 aliphatic carbocycles. The molecule has 7 heteroatoms. The van der Waals surface area contributed by atoms with Crippen LogP contribution in [0.4, 0.5) is 5.69 Å². The number of carbonyl (C=O) groups is 1. The van der Waals surface area contributed by atoms with Crippen LogP contribution in [0, 0.1) is 10.1 Å². The number of methoxy groups -OCH3 is 1. The molecule has 0 bridgehead atoms. The number of rotatable bonds is 4. The summed E-state index contributed by atoms with van der Waals surface area (Å²) in [5.74, 6) is -0.599. The van der Waals surface area contributed by atoms with Crippen molar-refractivity contribution >= 4 is 17.7 Å². The van der Waals surface area contributed by atoms with E-state index in [1.54, 1.807) is 0 Å². The number of hydrogen-bond donors (Lipinski definition) is 0. The molecular formula is C9H7N3O4. The maximum Gasteiger partial charge on any atom is 0.328 e. The smallest absolute Gasteiger partial charge is 0.328 e. The minimum Gasteiger partial charge on any atom is -0.490 e. The Morgan fingerprint density at radius 1 is 1.62 bits per heavy atom. The molecule has 0 N–H and O–H groups in total. The van der Waals surface area contributed by atoms with Crippen LogP contribution < -0.4 is 4.74 Å². The average molecular weight is 221 g/mol. The molecule has 0 fully saturated rings. The minimum absolute atomic E-state index is 0.0258. The topological polar surface area (TPSA) is 106 Å². The number of Topliss-reactive ketones (excluding diaryl/α,β-unsaturated/α-hetero) is 1. The molecule has 0 aliphatic rings. The van der Waals surface area contributed by atoms with Crippen molar-refractivity contribution in [3.63, 3.8) is 0 Å². The standard InChI is InChI=1S/C9H7N3O4/c1-16-9-4-6(8(13)5-11-10)2-3-7(9)12(14)15/h2-5H,1H3. The zero-order valence-electron chi connectivity index (χ0n) is 8.28. The Balaban J connectivity index is 3.23. The van der Waals surface area contributed by atoms with Gasteiger partial charge < -0.3 is 10.3 Å². The first kappa shape index (κ1) is 11.5. The molecule has 0 aromatic heterocycles. The van der Waals surface area contributed by atoms with Gasteiger partial charge in [-0.1, -0.05) is 0 Å². The number of hydrogen-bond acceptors (Lipinski definition) is 4. The van der Waals surface area contributed by atoms with Gasteiger partial charge in [-0.3, -0.25) is 14.9 Å². The Bertz CT molecular complexity index is 492. The largest absolute Gasteiger partial charge is 0.490 e. The Kier molecular flexibility index (Phi) is 3.47. The highest BCUT2D eigenvalue weighted by atomic mass is 16.6. The zero-order chi connectivity index (χ0) is 12.1. The van der Waals surface area contributed by atoms with Crippen molar-refractivity contribution in [2.45, 2.75) is 0 Å². The summed E-state index contributed by atoms with van der Waals surface area (Å²) in [6.07, 6.45) is 0.695. The normalized spacial score (nSPS) is 9.06.